The number of hydrogen-bond donors (Lipinski definition) is 2. The van der Waals surface area contributed by atoms with E-state index in [1.165, 1.54) is 11.3 Å². The first-order valence-electron chi connectivity index (χ1n) is 11.9. The Morgan fingerprint density at radius 3 is 2.72 bits per heavy atom. The summed E-state index contributed by atoms with van der Waals surface area (Å²) in [7, 11) is 3.72. The van der Waals surface area contributed by atoms with Gasteiger partial charge in [0, 0.05) is 61.5 Å². The Morgan fingerprint density at radius 2 is 1.89 bits per heavy atom. The number of nitrogens with one attached hydrogen (secondary N) is 1. The van der Waals surface area contributed by atoms with Crippen LogP contribution in [0.3, 0.4) is 0 Å². The molecule has 4 heterocycles. The molecule has 0 unspecified atom stereocenters. The summed E-state index contributed by atoms with van der Waals surface area (Å²) in [6, 6.07) is 14.0. The van der Waals surface area contributed by atoms with E-state index in [1.807, 2.05) is 24.4 Å². The van der Waals surface area contributed by atoms with E-state index in [-0.39, 0.29) is 0 Å². The van der Waals surface area contributed by atoms with Crippen molar-refractivity contribution in [2.45, 2.75) is 6.54 Å². The van der Waals surface area contributed by atoms with Crippen LogP contribution < -0.4 is 25.6 Å². The van der Waals surface area contributed by atoms with Crippen LogP contribution in [0, 0.1) is 0 Å². The Morgan fingerprint density at radius 1 is 1.06 bits per heavy atom. The summed E-state index contributed by atoms with van der Waals surface area (Å²) in [5.74, 6) is 1.75. The molecule has 0 saturated carbocycles. The van der Waals surface area contributed by atoms with Gasteiger partial charge in [0.2, 0.25) is 5.95 Å². The van der Waals surface area contributed by atoms with Gasteiger partial charge in [0.05, 0.1) is 49.6 Å². The minimum atomic E-state index is 0.426. The molecule has 10 heteroatoms. The molecule has 10 nitrogen and oxygen atoms in total. The number of nitrogens with zero attached hydrogens (tertiary/aromatic N) is 6. The second-order valence-electron chi connectivity index (χ2n) is 8.88. The summed E-state index contributed by atoms with van der Waals surface area (Å²) in [6.07, 6.45) is 3.74. The largest absolute Gasteiger partial charge is 0.494 e. The first kappa shape index (κ1) is 22.2. The molecular formula is C26H28N8O2. The summed E-state index contributed by atoms with van der Waals surface area (Å²) < 4.78 is 12.9. The van der Waals surface area contributed by atoms with E-state index in [4.69, 9.17) is 25.3 Å². The predicted molar refractivity (Wildman–Crippen MR) is 140 cm³/mol. The maximum atomic E-state index is 6.42. The average Bonchev–Trinajstić information content (AvgIpc) is 3.34. The lowest BCUT2D eigenvalue weighted by molar-refractivity contribution is 0.123. The number of anilines is 5. The van der Waals surface area contributed by atoms with Crippen LogP contribution in [0.2, 0.25) is 0 Å². The van der Waals surface area contributed by atoms with Gasteiger partial charge in [-0.1, -0.05) is 18.2 Å². The number of nitrogen functional groups attached to an aromatic ring is 1. The monoisotopic (exact) mass is 484 g/mol. The molecule has 0 spiro atoms. The fourth-order valence-electron chi connectivity index (χ4n) is 4.80. The van der Waals surface area contributed by atoms with Crippen molar-refractivity contribution in [3.63, 3.8) is 0 Å². The van der Waals surface area contributed by atoms with E-state index in [9.17, 15) is 0 Å². The van der Waals surface area contributed by atoms with Gasteiger partial charge in [0.1, 0.15) is 5.75 Å². The number of aromatic nitrogens is 4. The van der Waals surface area contributed by atoms with Crippen LogP contribution in [0.25, 0.3) is 16.9 Å². The van der Waals surface area contributed by atoms with Crippen LogP contribution in [0.1, 0.15) is 5.69 Å². The van der Waals surface area contributed by atoms with Crippen LogP contribution in [0.15, 0.2) is 54.9 Å². The molecule has 2 aromatic heterocycles. The molecule has 6 rings (SSSR count). The summed E-state index contributed by atoms with van der Waals surface area (Å²) >= 11 is 0. The van der Waals surface area contributed by atoms with E-state index < -0.39 is 0 Å². The van der Waals surface area contributed by atoms with Gasteiger partial charge >= 0.3 is 0 Å². The number of benzene rings is 2. The third-order valence-electron chi connectivity index (χ3n) is 6.61. The molecule has 0 atom stereocenters. The van der Waals surface area contributed by atoms with Crippen LogP contribution in [0.5, 0.6) is 5.75 Å². The lowest BCUT2D eigenvalue weighted by Crippen LogP contribution is -2.36. The molecule has 36 heavy (non-hydrogen) atoms. The molecule has 0 aliphatic carbocycles. The first-order chi connectivity index (χ1) is 17.6. The molecule has 0 bridgehead atoms. The second kappa shape index (κ2) is 9.04. The number of para-hydroxylation sites is 1. The molecule has 3 N–H and O–H groups in total. The standard InChI is InChI=1S/C26H28N8O2/c1-32-16-21-18(17-5-3-4-6-22(17)32)15-34(31-21)25-7-8-28-26(30-25)29-20-13-19(27)23(14-24(20)35-2)33-9-11-36-12-10-33/h3-8,13-15H,9-12,16,27H2,1-2H3,(H,28,29,30). The van der Waals surface area contributed by atoms with Crippen molar-refractivity contribution in [2.24, 2.45) is 0 Å². The van der Waals surface area contributed by atoms with Crippen LogP contribution in [-0.4, -0.2) is 60.2 Å². The lowest BCUT2D eigenvalue weighted by atomic mass is 10.00. The van der Waals surface area contributed by atoms with Crippen molar-refractivity contribution >= 4 is 28.7 Å². The number of methoxy groups -OCH3 is 1. The minimum Gasteiger partial charge on any atom is -0.494 e. The summed E-state index contributed by atoms with van der Waals surface area (Å²) in [6.45, 7) is 3.68. The van der Waals surface area contributed by atoms with E-state index in [1.54, 1.807) is 18.0 Å². The van der Waals surface area contributed by atoms with Crippen molar-refractivity contribution in [3.8, 4) is 22.7 Å². The predicted octanol–water partition coefficient (Wildman–Crippen LogP) is 3.45. The van der Waals surface area contributed by atoms with E-state index in [0.29, 0.717) is 42.1 Å². The van der Waals surface area contributed by atoms with Gasteiger partial charge in [-0.3, -0.25) is 0 Å². The maximum Gasteiger partial charge on any atom is 0.229 e. The van der Waals surface area contributed by atoms with Crippen LogP contribution >= 0.6 is 0 Å². The van der Waals surface area contributed by atoms with E-state index in [0.717, 1.165) is 36.6 Å². The lowest BCUT2D eigenvalue weighted by Gasteiger charge is -2.30. The zero-order chi connectivity index (χ0) is 24.6. The highest BCUT2D eigenvalue weighted by atomic mass is 16.5. The Balaban J connectivity index is 1.30. The fraction of sp³-hybridized carbons (Fsp3) is 0.269. The number of nitrogens with two attached hydrogens (primary N) is 1. The van der Waals surface area contributed by atoms with E-state index in [2.05, 4.69) is 51.4 Å². The van der Waals surface area contributed by atoms with Crippen molar-refractivity contribution in [3.05, 3.63) is 60.6 Å². The normalized spacial score (nSPS) is 14.8. The zero-order valence-electron chi connectivity index (χ0n) is 20.3. The first-order valence-corrected chi connectivity index (χ1v) is 11.9. The highest BCUT2D eigenvalue weighted by Gasteiger charge is 2.23. The third-order valence-corrected chi connectivity index (χ3v) is 6.61. The molecule has 2 aromatic carbocycles. The fourth-order valence-corrected chi connectivity index (χ4v) is 4.80. The maximum absolute atomic E-state index is 6.42. The number of ether oxygens (including phenoxy) is 2. The quantitative estimate of drug-likeness (QED) is 0.412. The molecule has 4 aromatic rings. The molecule has 2 aliphatic rings. The minimum absolute atomic E-state index is 0.426. The Kier molecular flexibility index (Phi) is 5.57. The van der Waals surface area contributed by atoms with Crippen LogP contribution in [-0.2, 0) is 11.3 Å². The SMILES string of the molecule is COc1cc(N2CCOCC2)c(N)cc1Nc1nccc(-n2cc3c(n2)CN(C)c2ccccc2-3)n1. The van der Waals surface area contributed by atoms with Gasteiger partial charge in [-0.15, -0.1) is 0 Å². The molecular weight excluding hydrogens is 456 g/mol. The third kappa shape index (κ3) is 3.95. The van der Waals surface area contributed by atoms with Gasteiger partial charge in [-0.2, -0.15) is 10.1 Å². The molecule has 0 amide bonds. The number of hydrogen-bond acceptors (Lipinski definition) is 9. The second-order valence-corrected chi connectivity index (χ2v) is 8.88. The average molecular weight is 485 g/mol. The van der Waals surface area contributed by atoms with E-state index >= 15 is 0 Å². The highest BCUT2D eigenvalue weighted by Crippen LogP contribution is 2.39. The Hall–Kier alpha value is -4.31. The Bertz CT molecular complexity index is 1410. The molecule has 0 radical (unpaired) electrons. The van der Waals surface area contributed by atoms with Crippen molar-refractivity contribution in [1.82, 2.24) is 19.7 Å². The summed E-state index contributed by atoms with van der Waals surface area (Å²) in [4.78, 5) is 13.5. The number of morpholine rings is 1. The molecule has 184 valence electrons. The summed E-state index contributed by atoms with van der Waals surface area (Å²) in [5, 5.41) is 8.10. The molecule has 1 saturated heterocycles. The van der Waals surface area contributed by atoms with Crippen LogP contribution in [0.4, 0.5) is 28.7 Å². The van der Waals surface area contributed by atoms with Gasteiger partial charge in [-0.05, 0) is 12.1 Å². The number of fused-ring (bicyclic) bond motifs is 3. The topological polar surface area (TPSA) is 107 Å². The summed E-state index contributed by atoms with van der Waals surface area (Å²) in [5.41, 5.74) is 13.2. The highest BCUT2D eigenvalue weighted by molar-refractivity contribution is 5.82. The van der Waals surface area contributed by atoms with Crippen molar-refractivity contribution in [2.75, 3.05) is 61.3 Å². The molecule has 1 fully saturated rings. The van der Waals surface area contributed by atoms with Gasteiger partial charge in [-0.25, -0.2) is 9.67 Å². The van der Waals surface area contributed by atoms with Gasteiger partial charge in [0.15, 0.2) is 5.82 Å². The Labute approximate surface area is 209 Å². The smallest absolute Gasteiger partial charge is 0.229 e. The van der Waals surface area contributed by atoms with Gasteiger partial charge < -0.3 is 30.3 Å². The van der Waals surface area contributed by atoms with Crippen molar-refractivity contribution < 1.29 is 9.47 Å². The molecule has 2 aliphatic heterocycles. The van der Waals surface area contributed by atoms with Crippen molar-refractivity contribution in [1.29, 1.82) is 0 Å². The number of rotatable bonds is 5. The van der Waals surface area contributed by atoms with Gasteiger partial charge in [0.25, 0.3) is 0 Å². The zero-order valence-corrected chi connectivity index (χ0v) is 20.3.